The van der Waals surface area contributed by atoms with Gasteiger partial charge in [-0.25, -0.2) is 0 Å². The fraction of sp³-hybridized carbons (Fsp3) is 0.632. The molecule has 0 radical (unpaired) electrons. The molecule has 1 amide bonds. The molecule has 0 bridgehead atoms. The molecule has 3 aliphatic heterocycles. The maximum Gasteiger partial charge on any atom is 0.224 e. The van der Waals surface area contributed by atoms with Crippen LogP contribution < -0.4 is 14.8 Å². The van der Waals surface area contributed by atoms with E-state index in [1.807, 2.05) is 12.1 Å². The van der Waals surface area contributed by atoms with Crippen molar-refractivity contribution >= 4 is 17.5 Å². The number of benzene rings is 1. The summed E-state index contributed by atoms with van der Waals surface area (Å²) in [5.74, 6) is 1.30. The normalized spacial score (nSPS) is 26.0. The number of carbonyl (C=O) groups is 1. The quantitative estimate of drug-likeness (QED) is 0.896. The van der Waals surface area contributed by atoms with Crippen LogP contribution in [0.25, 0.3) is 0 Å². The largest absolute Gasteiger partial charge is 0.489 e. The van der Waals surface area contributed by atoms with Gasteiger partial charge in [-0.2, -0.15) is 0 Å². The third-order valence-electron chi connectivity index (χ3n) is 5.43. The Kier molecular flexibility index (Phi) is 5.04. The number of rotatable bonds is 3. The number of halogens is 1. The highest BCUT2D eigenvalue weighted by molar-refractivity contribution is 6.32. The van der Waals surface area contributed by atoms with Gasteiger partial charge in [0.1, 0.15) is 0 Å². The van der Waals surface area contributed by atoms with Crippen molar-refractivity contribution in [1.82, 2.24) is 10.2 Å². The number of nitrogens with zero attached hydrogens (tertiary/aromatic N) is 1. The van der Waals surface area contributed by atoms with Crippen LogP contribution in [0.5, 0.6) is 11.5 Å². The van der Waals surface area contributed by atoms with Crippen LogP contribution in [0.4, 0.5) is 0 Å². The van der Waals surface area contributed by atoms with Gasteiger partial charge in [0.05, 0.1) is 24.7 Å². The molecule has 3 heterocycles. The van der Waals surface area contributed by atoms with Crippen LogP contribution in [0.2, 0.25) is 5.02 Å². The SMILES string of the molecule is O=C(Cc1cc(Cl)c2c(c1)OCCCO2)N[C@H]1CCN2CCCC[C@H]12. The van der Waals surface area contributed by atoms with Crippen molar-refractivity contribution in [2.24, 2.45) is 0 Å². The van der Waals surface area contributed by atoms with Crippen LogP contribution in [-0.2, 0) is 11.2 Å². The number of amides is 1. The summed E-state index contributed by atoms with van der Waals surface area (Å²) in [6.45, 7) is 3.49. The second kappa shape index (κ2) is 7.42. The molecule has 1 aromatic carbocycles. The highest BCUT2D eigenvalue weighted by Gasteiger charge is 2.36. The summed E-state index contributed by atoms with van der Waals surface area (Å²) >= 11 is 6.32. The Hall–Kier alpha value is -1.46. The first kappa shape index (κ1) is 17.0. The van der Waals surface area contributed by atoms with Gasteiger partial charge >= 0.3 is 0 Å². The molecule has 4 rings (SSSR count). The number of fused-ring (bicyclic) bond motifs is 2. The monoisotopic (exact) mass is 364 g/mol. The standard InChI is InChI=1S/C19H25ClN2O3/c20-14-10-13(11-17-19(14)25-9-3-8-24-17)12-18(23)21-15-5-7-22-6-2-1-4-16(15)22/h10-11,15-16H,1-9,12H2,(H,21,23)/t15-,16+/m0/s1. The number of ether oxygens (including phenoxy) is 2. The summed E-state index contributed by atoms with van der Waals surface area (Å²) in [4.78, 5) is 15.1. The molecule has 3 aliphatic rings. The van der Waals surface area contributed by atoms with E-state index in [2.05, 4.69) is 10.2 Å². The minimum Gasteiger partial charge on any atom is -0.489 e. The third-order valence-corrected chi connectivity index (χ3v) is 5.71. The molecule has 1 N–H and O–H groups in total. The van der Waals surface area contributed by atoms with E-state index in [0.717, 1.165) is 24.9 Å². The van der Waals surface area contributed by atoms with E-state index in [9.17, 15) is 4.79 Å². The van der Waals surface area contributed by atoms with Crippen LogP contribution >= 0.6 is 11.6 Å². The van der Waals surface area contributed by atoms with E-state index >= 15 is 0 Å². The Bertz CT molecular complexity index is 652. The number of hydrogen-bond donors (Lipinski definition) is 1. The van der Waals surface area contributed by atoms with Crippen molar-refractivity contribution in [3.05, 3.63) is 22.7 Å². The zero-order valence-corrected chi connectivity index (χ0v) is 15.2. The predicted molar refractivity (Wildman–Crippen MR) is 96.5 cm³/mol. The first-order chi connectivity index (χ1) is 12.2. The van der Waals surface area contributed by atoms with Crippen molar-refractivity contribution in [3.8, 4) is 11.5 Å². The van der Waals surface area contributed by atoms with E-state index in [4.69, 9.17) is 21.1 Å². The average molecular weight is 365 g/mol. The highest BCUT2D eigenvalue weighted by Crippen LogP contribution is 2.38. The van der Waals surface area contributed by atoms with Crippen LogP contribution in [0.3, 0.4) is 0 Å². The Morgan fingerprint density at radius 3 is 2.96 bits per heavy atom. The van der Waals surface area contributed by atoms with Gasteiger partial charge < -0.3 is 14.8 Å². The summed E-state index contributed by atoms with van der Waals surface area (Å²) in [7, 11) is 0. The van der Waals surface area contributed by atoms with Crippen LogP contribution in [-0.4, -0.2) is 49.2 Å². The number of nitrogens with one attached hydrogen (secondary N) is 1. The molecule has 0 spiro atoms. The van der Waals surface area contributed by atoms with E-state index in [0.29, 0.717) is 42.2 Å². The highest BCUT2D eigenvalue weighted by atomic mass is 35.5. The van der Waals surface area contributed by atoms with E-state index < -0.39 is 0 Å². The van der Waals surface area contributed by atoms with Crippen molar-refractivity contribution in [2.75, 3.05) is 26.3 Å². The molecule has 2 saturated heterocycles. The molecule has 2 atom stereocenters. The van der Waals surface area contributed by atoms with Gasteiger partial charge in [0.25, 0.3) is 0 Å². The summed E-state index contributed by atoms with van der Waals surface area (Å²) in [5, 5.41) is 3.76. The fourth-order valence-corrected chi connectivity index (χ4v) is 4.53. The van der Waals surface area contributed by atoms with Crippen molar-refractivity contribution in [3.63, 3.8) is 0 Å². The summed E-state index contributed by atoms with van der Waals surface area (Å²) in [5.41, 5.74) is 0.866. The van der Waals surface area contributed by atoms with Crippen LogP contribution in [0.1, 0.15) is 37.7 Å². The molecule has 2 fully saturated rings. The number of piperidine rings is 1. The smallest absolute Gasteiger partial charge is 0.224 e. The van der Waals surface area contributed by atoms with Crippen molar-refractivity contribution in [1.29, 1.82) is 0 Å². The lowest BCUT2D eigenvalue weighted by atomic mass is 9.99. The molecule has 0 aliphatic carbocycles. The predicted octanol–water partition coefficient (Wildman–Crippen LogP) is 2.79. The lowest BCUT2D eigenvalue weighted by Gasteiger charge is -2.32. The maximum atomic E-state index is 12.5. The fourth-order valence-electron chi connectivity index (χ4n) is 4.25. The molecular weight excluding hydrogens is 340 g/mol. The van der Waals surface area contributed by atoms with Gasteiger partial charge in [-0.15, -0.1) is 0 Å². The Morgan fingerprint density at radius 2 is 2.04 bits per heavy atom. The Morgan fingerprint density at radius 1 is 1.16 bits per heavy atom. The molecule has 0 aromatic heterocycles. The molecule has 0 unspecified atom stereocenters. The summed E-state index contributed by atoms with van der Waals surface area (Å²) in [6, 6.07) is 4.50. The van der Waals surface area contributed by atoms with Gasteiger partial charge in [-0.1, -0.05) is 18.0 Å². The van der Waals surface area contributed by atoms with Crippen LogP contribution in [0, 0.1) is 0 Å². The number of hydrogen-bond acceptors (Lipinski definition) is 4. The van der Waals surface area contributed by atoms with Gasteiger partial charge in [0.2, 0.25) is 5.91 Å². The summed E-state index contributed by atoms with van der Waals surface area (Å²) < 4.78 is 11.4. The second-order valence-corrected chi connectivity index (χ2v) is 7.60. The Balaban J connectivity index is 1.41. The van der Waals surface area contributed by atoms with Crippen molar-refractivity contribution in [2.45, 2.75) is 50.6 Å². The lowest BCUT2D eigenvalue weighted by Crippen LogP contribution is -2.47. The molecule has 136 valence electrons. The maximum absolute atomic E-state index is 12.5. The molecule has 25 heavy (non-hydrogen) atoms. The van der Waals surface area contributed by atoms with Gasteiger partial charge in [-0.3, -0.25) is 9.69 Å². The first-order valence-corrected chi connectivity index (χ1v) is 9.70. The first-order valence-electron chi connectivity index (χ1n) is 9.32. The van der Waals surface area contributed by atoms with E-state index in [-0.39, 0.29) is 11.9 Å². The van der Waals surface area contributed by atoms with E-state index in [1.54, 1.807) is 0 Å². The topological polar surface area (TPSA) is 50.8 Å². The zero-order valence-electron chi connectivity index (χ0n) is 14.4. The zero-order chi connectivity index (χ0) is 17.2. The molecule has 5 nitrogen and oxygen atoms in total. The minimum absolute atomic E-state index is 0.0583. The molecule has 1 aromatic rings. The molecule has 0 saturated carbocycles. The van der Waals surface area contributed by atoms with Gasteiger partial charge in [0.15, 0.2) is 11.5 Å². The van der Waals surface area contributed by atoms with Crippen LogP contribution in [0.15, 0.2) is 12.1 Å². The van der Waals surface area contributed by atoms with Gasteiger partial charge in [0, 0.05) is 25.0 Å². The molecule has 6 heteroatoms. The minimum atomic E-state index is 0.0583. The van der Waals surface area contributed by atoms with Crippen molar-refractivity contribution < 1.29 is 14.3 Å². The number of carbonyl (C=O) groups excluding carboxylic acids is 1. The van der Waals surface area contributed by atoms with Gasteiger partial charge in [-0.05, 0) is 43.5 Å². The second-order valence-electron chi connectivity index (χ2n) is 7.19. The lowest BCUT2D eigenvalue weighted by molar-refractivity contribution is -0.121. The Labute approximate surface area is 153 Å². The van der Waals surface area contributed by atoms with E-state index in [1.165, 1.54) is 25.8 Å². The summed E-state index contributed by atoms with van der Waals surface area (Å²) in [6.07, 6.45) is 5.96. The molecular formula is C19H25ClN2O3. The third kappa shape index (κ3) is 3.72. The average Bonchev–Trinajstić information content (AvgIpc) is 2.84.